The summed E-state index contributed by atoms with van der Waals surface area (Å²) in [7, 11) is 3.43. The van der Waals surface area contributed by atoms with Crippen molar-refractivity contribution < 1.29 is 14.3 Å². The monoisotopic (exact) mass is 293 g/mol. The molecule has 0 unspecified atom stereocenters. The Bertz CT molecular complexity index is 579. The van der Waals surface area contributed by atoms with Crippen LogP contribution in [0, 0.1) is 6.92 Å². The minimum Gasteiger partial charge on any atom is -0.487 e. The highest BCUT2D eigenvalue weighted by Crippen LogP contribution is 2.38. The minimum absolute atomic E-state index is 0.0468. The Labute approximate surface area is 123 Å². The Morgan fingerprint density at radius 2 is 2.00 bits per heavy atom. The van der Waals surface area contributed by atoms with Gasteiger partial charge in [0, 0.05) is 19.0 Å². The van der Waals surface area contributed by atoms with E-state index in [0.29, 0.717) is 17.7 Å². The molecule has 0 aromatic heterocycles. The number of ketones is 1. The van der Waals surface area contributed by atoms with Gasteiger partial charge in [-0.3, -0.25) is 9.59 Å². The van der Waals surface area contributed by atoms with Crippen LogP contribution in [0.1, 0.15) is 36.2 Å². The fourth-order valence-electron chi connectivity index (χ4n) is 2.08. The van der Waals surface area contributed by atoms with Gasteiger partial charge in [0.15, 0.2) is 5.78 Å². The second kappa shape index (κ2) is 5.13. The summed E-state index contributed by atoms with van der Waals surface area (Å²) in [6.07, 6.45) is 0.378. The lowest BCUT2D eigenvalue weighted by molar-refractivity contribution is 0.0618. The summed E-state index contributed by atoms with van der Waals surface area (Å²) in [5, 5.41) is -0.0468. The van der Waals surface area contributed by atoms with Gasteiger partial charge in [0.2, 0.25) is 0 Å². The van der Waals surface area contributed by atoms with Crippen molar-refractivity contribution in [1.82, 2.24) is 4.90 Å². The van der Waals surface area contributed by atoms with Gasteiger partial charge in [0.25, 0.3) is 5.24 Å². The van der Waals surface area contributed by atoms with E-state index in [1.54, 1.807) is 20.2 Å². The van der Waals surface area contributed by atoms with E-state index in [4.69, 9.17) is 4.74 Å². The number of benzene rings is 1. The molecule has 4 nitrogen and oxygen atoms in total. The Morgan fingerprint density at radius 1 is 1.35 bits per heavy atom. The van der Waals surface area contributed by atoms with E-state index in [0.717, 1.165) is 22.2 Å². The van der Waals surface area contributed by atoms with Gasteiger partial charge in [-0.05, 0) is 50.2 Å². The molecule has 0 atom stereocenters. The van der Waals surface area contributed by atoms with Crippen LogP contribution >= 0.6 is 11.8 Å². The van der Waals surface area contributed by atoms with E-state index in [2.05, 4.69) is 0 Å². The number of carbonyl (C=O) groups is 2. The zero-order valence-corrected chi connectivity index (χ0v) is 13.3. The molecule has 0 spiro atoms. The van der Waals surface area contributed by atoms with Crippen molar-refractivity contribution in [1.29, 1.82) is 0 Å². The van der Waals surface area contributed by atoms with E-state index in [1.807, 2.05) is 26.8 Å². The molecule has 0 saturated carbocycles. The summed E-state index contributed by atoms with van der Waals surface area (Å²) in [6, 6.07) is 3.62. The van der Waals surface area contributed by atoms with Crippen LogP contribution in [0.25, 0.3) is 0 Å². The summed E-state index contributed by atoms with van der Waals surface area (Å²) in [5.74, 6) is 0.667. The van der Waals surface area contributed by atoms with E-state index in [1.165, 1.54) is 4.90 Å². The van der Waals surface area contributed by atoms with Crippen molar-refractivity contribution >= 4 is 22.8 Å². The molecule has 2 rings (SSSR count). The van der Waals surface area contributed by atoms with Crippen LogP contribution in [0.3, 0.4) is 0 Å². The zero-order chi connectivity index (χ0) is 15.1. The van der Waals surface area contributed by atoms with Crippen molar-refractivity contribution in [3.05, 3.63) is 23.3 Å². The van der Waals surface area contributed by atoms with E-state index in [9.17, 15) is 9.59 Å². The summed E-state index contributed by atoms with van der Waals surface area (Å²) in [5.41, 5.74) is 1.04. The smallest absolute Gasteiger partial charge is 0.285 e. The molecule has 0 bridgehead atoms. The van der Waals surface area contributed by atoms with Gasteiger partial charge < -0.3 is 9.64 Å². The highest BCUT2D eigenvalue weighted by atomic mass is 32.2. The first kappa shape index (κ1) is 14.9. The first-order valence-corrected chi connectivity index (χ1v) is 7.27. The molecule has 0 fully saturated rings. The van der Waals surface area contributed by atoms with Crippen LogP contribution < -0.4 is 4.74 Å². The molecule has 20 heavy (non-hydrogen) atoms. The normalized spacial score (nSPS) is 16.4. The summed E-state index contributed by atoms with van der Waals surface area (Å²) in [4.78, 5) is 26.3. The third-order valence-corrected chi connectivity index (χ3v) is 4.31. The standard InChI is InChI=1S/C15H19NO3S/c1-9-6-10-11(17)8-15(2,3)19-12(10)7-13(9)20-14(18)16(4)5/h6-7H,8H2,1-5H3. The fourth-order valence-corrected chi connectivity index (χ4v) is 2.84. The number of nitrogens with zero attached hydrogens (tertiary/aromatic N) is 1. The third-order valence-electron chi connectivity index (χ3n) is 3.11. The van der Waals surface area contributed by atoms with E-state index < -0.39 is 5.60 Å². The molecular formula is C15H19NO3S. The van der Waals surface area contributed by atoms with E-state index >= 15 is 0 Å². The predicted molar refractivity (Wildman–Crippen MR) is 79.8 cm³/mol. The highest BCUT2D eigenvalue weighted by molar-refractivity contribution is 8.13. The van der Waals surface area contributed by atoms with Crippen LogP contribution in [0.4, 0.5) is 4.79 Å². The van der Waals surface area contributed by atoms with Crippen LogP contribution in [0.2, 0.25) is 0 Å². The summed E-state index contributed by atoms with van der Waals surface area (Å²) in [6.45, 7) is 5.69. The van der Waals surface area contributed by atoms with Crippen molar-refractivity contribution in [2.24, 2.45) is 0 Å². The molecule has 0 radical (unpaired) electrons. The molecule has 1 aliphatic heterocycles. The molecule has 0 saturated heterocycles. The molecular weight excluding hydrogens is 274 g/mol. The van der Waals surface area contributed by atoms with Gasteiger partial charge in [-0.25, -0.2) is 0 Å². The molecule has 108 valence electrons. The first-order chi connectivity index (χ1) is 9.19. The van der Waals surface area contributed by atoms with Gasteiger partial charge in [-0.2, -0.15) is 0 Å². The van der Waals surface area contributed by atoms with Crippen LogP contribution in [0.15, 0.2) is 17.0 Å². The topological polar surface area (TPSA) is 46.6 Å². The molecule has 1 heterocycles. The van der Waals surface area contributed by atoms with Gasteiger partial charge in [0.1, 0.15) is 11.4 Å². The number of hydrogen-bond acceptors (Lipinski definition) is 4. The first-order valence-electron chi connectivity index (χ1n) is 6.45. The van der Waals surface area contributed by atoms with E-state index in [-0.39, 0.29) is 11.0 Å². The molecule has 0 aliphatic carbocycles. The lowest BCUT2D eigenvalue weighted by atomic mass is 9.92. The molecule has 1 aromatic carbocycles. The summed E-state index contributed by atoms with van der Waals surface area (Å²) < 4.78 is 5.87. The van der Waals surface area contributed by atoms with Gasteiger partial charge in [0.05, 0.1) is 12.0 Å². The highest BCUT2D eigenvalue weighted by Gasteiger charge is 2.33. The number of hydrogen-bond donors (Lipinski definition) is 0. The Kier molecular flexibility index (Phi) is 3.82. The van der Waals surface area contributed by atoms with Gasteiger partial charge in [-0.15, -0.1) is 0 Å². The van der Waals surface area contributed by atoms with Crippen molar-refractivity contribution in [2.45, 2.75) is 37.7 Å². The van der Waals surface area contributed by atoms with Crippen molar-refractivity contribution in [3.63, 3.8) is 0 Å². The number of ether oxygens (including phenoxy) is 1. The third kappa shape index (κ3) is 2.98. The minimum atomic E-state index is -0.493. The number of carbonyl (C=O) groups excluding carboxylic acids is 2. The average Bonchev–Trinajstić information content (AvgIpc) is 2.30. The maximum Gasteiger partial charge on any atom is 0.285 e. The number of amides is 1. The fraction of sp³-hybridized carbons (Fsp3) is 0.467. The number of rotatable bonds is 1. The molecule has 1 aromatic rings. The van der Waals surface area contributed by atoms with Crippen molar-refractivity contribution in [2.75, 3.05) is 14.1 Å². The Balaban J connectivity index is 2.39. The zero-order valence-electron chi connectivity index (χ0n) is 12.4. The number of Topliss-reactive ketones (excluding diaryl/α,β-unsaturated/α-hetero) is 1. The van der Waals surface area contributed by atoms with Gasteiger partial charge >= 0.3 is 0 Å². The van der Waals surface area contributed by atoms with Crippen LogP contribution in [-0.2, 0) is 0 Å². The molecule has 1 amide bonds. The molecule has 0 N–H and O–H groups in total. The molecule has 5 heteroatoms. The second-order valence-corrected chi connectivity index (χ2v) is 6.83. The van der Waals surface area contributed by atoms with Gasteiger partial charge in [-0.1, -0.05) is 0 Å². The maximum atomic E-state index is 12.1. The number of thioether (sulfide) groups is 1. The Morgan fingerprint density at radius 3 is 2.60 bits per heavy atom. The average molecular weight is 293 g/mol. The van der Waals surface area contributed by atoms with Crippen molar-refractivity contribution in [3.8, 4) is 5.75 Å². The quantitative estimate of drug-likeness (QED) is 0.743. The largest absolute Gasteiger partial charge is 0.487 e. The van der Waals surface area contributed by atoms with Crippen LogP contribution in [-0.4, -0.2) is 35.6 Å². The second-order valence-electron chi connectivity index (χ2n) is 5.84. The Hall–Kier alpha value is -1.49. The SMILES string of the molecule is Cc1cc2c(cc1SC(=O)N(C)C)OC(C)(C)CC2=O. The lowest BCUT2D eigenvalue weighted by Crippen LogP contribution is -2.36. The molecule has 1 aliphatic rings. The predicted octanol–water partition coefficient (Wildman–Crippen LogP) is 3.51. The lowest BCUT2D eigenvalue weighted by Gasteiger charge is -2.32. The maximum absolute atomic E-state index is 12.1. The number of fused-ring (bicyclic) bond motifs is 1. The summed E-state index contributed by atoms with van der Waals surface area (Å²) >= 11 is 1.15. The number of aryl methyl sites for hydroxylation is 1. The van der Waals surface area contributed by atoms with Crippen LogP contribution in [0.5, 0.6) is 5.75 Å².